The number of rotatable bonds is 5. The van der Waals surface area contributed by atoms with Gasteiger partial charge in [0, 0.05) is 24.2 Å². The second-order valence-electron chi connectivity index (χ2n) is 3.99. The minimum atomic E-state index is -2.91. The molecular weight excluding hydrogens is 224 g/mol. The zero-order valence-corrected chi connectivity index (χ0v) is 10.7. The number of hydrogen-bond acceptors (Lipinski definition) is 4. The summed E-state index contributed by atoms with van der Waals surface area (Å²) in [5.41, 5.74) is 1.98. The SMILES string of the molecule is CNC(CCS(C)(=O)=O)c1ccc(C)nc1. The smallest absolute Gasteiger partial charge is 0.147 e. The molecule has 5 heteroatoms. The third-order valence-electron chi connectivity index (χ3n) is 2.46. The topological polar surface area (TPSA) is 59.1 Å². The molecule has 0 saturated carbocycles. The molecule has 0 fully saturated rings. The largest absolute Gasteiger partial charge is 0.313 e. The molecule has 1 aromatic rings. The molecule has 1 aromatic heterocycles. The van der Waals surface area contributed by atoms with Gasteiger partial charge in [0.15, 0.2) is 0 Å². The van der Waals surface area contributed by atoms with Crippen molar-refractivity contribution >= 4 is 9.84 Å². The lowest BCUT2D eigenvalue weighted by Gasteiger charge is -2.15. The minimum Gasteiger partial charge on any atom is -0.313 e. The van der Waals surface area contributed by atoms with Crippen LogP contribution < -0.4 is 5.32 Å². The average molecular weight is 242 g/mol. The molecule has 0 spiro atoms. The Morgan fingerprint density at radius 2 is 2.12 bits per heavy atom. The Morgan fingerprint density at radius 3 is 2.56 bits per heavy atom. The predicted molar refractivity (Wildman–Crippen MR) is 65.1 cm³/mol. The number of aryl methyl sites for hydroxylation is 1. The van der Waals surface area contributed by atoms with Crippen molar-refractivity contribution in [3.8, 4) is 0 Å². The zero-order chi connectivity index (χ0) is 12.2. The highest BCUT2D eigenvalue weighted by Gasteiger charge is 2.12. The second kappa shape index (κ2) is 5.41. The van der Waals surface area contributed by atoms with Crippen LogP contribution in [0.1, 0.15) is 23.7 Å². The molecule has 1 atom stereocenters. The highest BCUT2D eigenvalue weighted by atomic mass is 32.2. The van der Waals surface area contributed by atoms with Crippen molar-refractivity contribution in [2.75, 3.05) is 19.1 Å². The Balaban J connectivity index is 2.71. The van der Waals surface area contributed by atoms with Gasteiger partial charge < -0.3 is 5.32 Å². The standard InChI is InChI=1S/C11H18N2O2S/c1-9-4-5-10(8-13-9)11(12-2)6-7-16(3,14)15/h4-5,8,11-12H,6-7H2,1-3H3. The maximum atomic E-state index is 11.1. The van der Waals surface area contributed by atoms with Gasteiger partial charge >= 0.3 is 0 Å². The van der Waals surface area contributed by atoms with Gasteiger partial charge in [-0.05, 0) is 32.0 Å². The van der Waals surface area contributed by atoms with Crippen molar-refractivity contribution in [3.05, 3.63) is 29.6 Å². The summed E-state index contributed by atoms with van der Waals surface area (Å²) in [6.45, 7) is 1.93. The van der Waals surface area contributed by atoms with Gasteiger partial charge in [0.2, 0.25) is 0 Å². The molecular formula is C11H18N2O2S. The van der Waals surface area contributed by atoms with Crippen LogP contribution in [0.3, 0.4) is 0 Å². The molecule has 1 rings (SSSR count). The van der Waals surface area contributed by atoms with Gasteiger partial charge in [0.05, 0.1) is 5.75 Å². The van der Waals surface area contributed by atoms with E-state index in [0.29, 0.717) is 6.42 Å². The lowest BCUT2D eigenvalue weighted by atomic mass is 10.1. The summed E-state index contributed by atoms with van der Waals surface area (Å²) in [7, 11) is -1.08. The van der Waals surface area contributed by atoms with Crippen LogP contribution in [0.4, 0.5) is 0 Å². The van der Waals surface area contributed by atoms with Gasteiger partial charge in [-0.25, -0.2) is 8.42 Å². The van der Waals surface area contributed by atoms with Crippen LogP contribution >= 0.6 is 0 Å². The summed E-state index contributed by atoms with van der Waals surface area (Å²) in [6, 6.07) is 3.95. The molecule has 16 heavy (non-hydrogen) atoms. The first-order valence-electron chi connectivity index (χ1n) is 5.20. The summed E-state index contributed by atoms with van der Waals surface area (Å²) in [5, 5.41) is 3.11. The monoisotopic (exact) mass is 242 g/mol. The van der Waals surface area contributed by atoms with Crippen molar-refractivity contribution in [2.24, 2.45) is 0 Å². The molecule has 0 saturated heterocycles. The highest BCUT2D eigenvalue weighted by molar-refractivity contribution is 7.90. The minimum absolute atomic E-state index is 0.0443. The number of pyridine rings is 1. The van der Waals surface area contributed by atoms with Crippen molar-refractivity contribution in [1.29, 1.82) is 0 Å². The molecule has 1 unspecified atom stereocenters. The highest BCUT2D eigenvalue weighted by Crippen LogP contribution is 2.16. The lowest BCUT2D eigenvalue weighted by molar-refractivity contribution is 0.557. The lowest BCUT2D eigenvalue weighted by Crippen LogP contribution is -2.20. The van der Waals surface area contributed by atoms with E-state index in [1.54, 1.807) is 6.20 Å². The van der Waals surface area contributed by atoms with Crippen molar-refractivity contribution in [1.82, 2.24) is 10.3 Å². The van der Waals surface area contributed by atoms with E-state index >= 15 is 0 Å². The van der Waals surface area contributed by atoms with E-state index in [4.69, 9.17) is 0 Å². The van der Waals surface area contributed by atoms with Crippen molar-refractivity contribution < 1.29 is 8.42 Å². The van der Waals surface area contributed by atoms with E-state index in [1.807, 2.05) is 26.1 Å². The maximum Gasteiger partial charge on any atom is 0.147 e. The number of aromatic nitrogens is 1. The van der Waals surface area contributed by atoms with Crippen LogP contribution in [0.25, 0.3) is 0 Å². The normalized spacial score (nSPS) is 13.7. The van der Waals surface area contributed by atoms with Crippen LogP contribution in [0.15, 0.2) is 18.3 Å². The van der Waals surface area contributed by atoms with Crippen LogP contribution in [0.5, 0.6) is 0 Å². The van der Waals surface area contributed by atoms with Gasteiger partial charge in [0.1, 0.15) is 9.84 Å². The molecule has 0 radical (unpaired) electrons. The second-order valence-corrected chi connectivity index (χ2v) is 6.25. The van der Waals surface area contributed by atoms with Crippen LogP contribution in [0.2, 0.25) is 0 Å². The van der Waals surface area contributed by atoms with Crippen LogP contribution in [0, 0.1) is 6.92 Å². The van der Waals surface area contributed by atoms with Crippen molar-refractivity contribution in [3.63, 3.8) is 0 Å². The van der Waals surface area contributed by atoms with E-state index in [0.717, 1.165) is 11.3 Å². The number of nitrogens with one attached hydrogen (secondary N) is 1. The summed E-state index contributed by atoms with van der Waals surface area (Å²) in [5.74, 6) is 0.187. The van der Waals surface area contributed by atoms with Gasteiger partial charge in [-0.1, -0.05) is 6.07 Å². The number of sulfone groups is 1. The number of nitrogens with zero attached hydrogens (tertiary/aromatic N) is 1. The molecule has 90 valence electrons. The average Bonchev–Trinajstić information content (AvgIpc) is 2.20. The van der Waals surface area contributed by atoms with E-state index in [1.165, 1.54) is 6.26 Å². The van der Waals surface area contributed by atoms with Gasteiger partial charge in [-0.15, -0.1) is 0 Å². The Labute approximate surface area is 97.0 Å². The fraction of sp³-hybridized carbons (Fsp3) is 0.545. The summed E-state index contributed by atoms with van der Waals surface area (Å²) >= 11 is 0. The molecule has 0 aromatic carbocycles. The molecule has 0 bridgehead atoms. The summed E-state index contributed by atoms with van der Waals surface area (Å²) < 4.78 is 22.2. The van der Waals surface area contributed by atoms with E-state index in [-0.39, 0.29) is 11.8 Å². The Bertz CT molecular complexity index is 426. The third kappa shape index (κ3) is 4.28. The van der Waals surface area contributed by atoms with Crippen LogP contribution in [-0.4, -0.2) is 32.5 Å². The van der Waals surface area contributed by atoms with Gasteiger partial charge in [0.25, 0.3) is 0 Å². The summed E-state index contributed by atoms with van der Waals surface area (Å²) in [4.78, 5) is 4.20. The molecule has 0 aliphatic heterocycles. The Hall–Kier alpha value is -0.940. The molecule has 1 heterocycles. The first kappa shape index (κ1) is 13.1. The van der Waals surface area contributed by atoms with E-state index in [2.05, 4.69) is 10.3 Å². The Morgan fingerprint density at radius 1 is 1.44 bits per heavy atom. The molecule has 0 amide bonds. The van der Waals surface area contributed by atoms with Crippen molar-refractivity contribution in [2.45, 2.75) is 19.4 Å². The molecule has 0 aliphatic carbocycles. The molecule has 1 N–H and O–H groups in total. The zero-order valence-electron chi connectivity index (χ0n) is 9.90. The van der Waals surface area contributed by atoms with E-state index < -0.39 is 9.84 Å². The van der Waals surface area contributed by atoms with Gasteiger partial charge in [-0.2, -0.15) is 0 Å². The maximum absolute atomic E-state index is 11.1. The molecule has 0 aliphatic rings. The third-order valence-corrected chi connectivity index (χ3v) is 3.44. The molecule has 4 nitrogen and oxygen atoms in total. The van der Waals surface area contributed by atoms with E-state index in [9.17, 15) is 8.42 Å². The first-order chi connectivity index (χ1) is 7.42. The fourth-order valence-corrected chi connectivity index (χ4v) is 2.16. The quantitative estimate of drug-likeness (QED) is 0.839. The number of hydrogen-bond donors (Lipinski definition) is 1. The van der Waals surface area contributed by atoms with Crippen LogP contribution in [-0.2, 0) is 9.84 Å². The first-order valence-corrected chi connectivity index (χ1v) is 7.26. The summed E-state index contributed by atoms with van der Waals surface area (Å²) in [6.07, 6.45) is 3.62. The predicted octanol–water partition coefficient (Wildman–Crippen LogP) is 1.09. The van der Waals surface area contributed by atoms with Gasteiger partial charge in [-0.3, -0.25) is 4.98 Å². The Kier molecular flexibility index (Phi) is 4.44. The fourth-order valence-electron chi connectivity index (χ4n) is 1.49.